The first-order valence-corrected chi connectivity index (χ1v) is 6.97. The standard InChI is InChI=1S/C12H21N3OS/c1-12(2,3)6-9(16)7-13-11-14-10(15-17-11)8-4-5-8/h8-9,16H,4-7H2,1-3H3,(H,13,14,15). The van der Waals surface area contributed by atoms with E-state index in [1.54, 1.807) is 0 Å². The maximum atomic E-state index is 9.87. The van der Waals surface area contributed by atoms with Gasteiger partial charge in [0.25, 0.3) is 0 Å². The maximum Gasteiger partial charge on any atom is 0.202 e. The molecule has 1 atom stereocenters. The first-order valence-electron chi connectivity index (χ1n) is 6.19. The first-order chi connectivity index (χ1) is 7.94. The Hall–Kier alpha value is -0.680. The molecule has 1 fully saturated rings. The zero-order valence-corrected chi connectivity index (χ0v) is 11.5. The quantitative estimate of drug-likeness (QED) is 0.849. The van der Waals surface area contributed by atoms with Crippen molar-refractivity contribution < 1.29 is 5.11 Å². The van der Waals surface area contributed by atoms with Crippen LogP contribution >= 0.6 is 11.5 Å². The molecular weight excluding hydrogens is 234 g/mol. The Morgan fingerprint density at radius 3 is 2.76 bits per heavy atom. The number of rotatable bonds is 5. The number of hydrogen-bond donors (Lipinski definition) is 2. The molecule has 1 aromatic heterocycles. The van der Waals surface area contributed by atoms with Gasteiger partial charge in [-0.05, 0) is 24.7 Å². The van der Waals surface area contributed by atoms with E-state index in [1.165, 1.54) is 24.4 Å². The molecule has 1 aliphatic carbocycles. The van der Waals surface area contributed by atoms with Gasteiger partial charge in [-0.25, -0.2) is 4.98 Å². The summed E-state index contributed by atoms with van der Waals surface area (Å²) in [5.41, 5.74) is 0.154. The van der Waals surface area contributed by atoms with Crippen molar-refractivity contribution in [2.24, 2.45) is 5.41 Å². The molecule has 0 radical (unpaired) electrons. The molecule has 2 N–H and O–H groups in total. The van der Waals surface area contributed by atoms with E-state index in [-0.39, 0.29) is 11.5 Å². The van der Waals surface area contributed by atoms with E-state index < -0.39 is 0 Å². The van der Waals surface area contributed by atoms with E-state index in [0.29, 0.717) is 12.5 Å². The Balaban J connectivity index is 1.76. The summed E-state index contributed by atoms with van der Waals surface area (Å²) < 4.78 is 4.32. The molecule has 0 amide bonds. The van der Waals surface area contributed by atoms with E-state index >= 15 is 0 Å². The van der Waals surface area contributed by atoms with Crippen LogP contribution in [0.15, 0.2) is 0 Å². The molecule has 1 aliphatic rings. The molecule has 96 valence electrons. The van der Waals surface area contributed by atoms with Crippen LogP contribution in [-0.4, -0.2) is 27.1 Å². The van der Waals surface area contributed by atoms with Gasteiger partial charge in [0.2, 0.25) is 5.13 Å². The van der Waals surface area contributed by atoms with E-state index in [0.717, 1.165) is 17.4 Å². The van der Waals surface area contributed by atoms with Crippen molar-refractivity contribution in [2.45, 2.75) is 52.1 Å². The number of nitrogens with one attached hydrogen (secondary N) is 1. The van der Waals surface area contributed by atoms with Gasteiger partial charge in [0.15, 0.2) is 0 Å². The molecule has 0 aliphatic heterocycles. The molecule has 17 heavy (non-hydrogen) atoms. The molecule has 5 heteroatoms. The largest absolute Gasteiger partial charge is 0.391 e. The molecule has 0 spiro atoms. The third-order valence-electron chi connectivity index (χ3n) is 2.72. The van der Waals surface area contributed by atoms with E-state index in [4.69, 9.17) is 0 Å². The lowest BCUT2D eigenvalue weighted by Gasteiger charge is -2.22. The van der Waals surface area contributed by atoms with Crippen molar-refractivity contribution >= 4 is 16.7 Å². The summed E-state index contributed by atoms with van der Waals surface area (Å²) in [4.78, 5) is 4.43. The van der Waals surface area contributed by atoms with E-state index in [1.807, 2.05) is 0 Å². The monoisotopic (exact) mass is 255 g/mol. The van der Waals surface area contributed by atoms with Crippen molar-refractivity contribution in [3.8, 4) is 0 Å². The molecule has 1 heterocycles. The lowest BCUT2D eigenvalue weighted by Crippen LogP contribution is -2.25. The summed E-state index contributed by atoms with van der Waals surface area (Å²) >= 11 is 1.39. The Morgan fingerprint density at radius 1 is 1.47 bits per heavy atom. The van der Waals surface area contributed by atoms with Crippen molar-refractivity contribution in [1.29, 1.82) is 0 Å². The predicted octanol–water partition coefficient (Wildman–Crippen LogP) is 2.62. The zero-order chi connectivity index (χ0) is 12.5. The SMILES string of the molecule is CC(C)(C)CC(O)CNc1nc(C2CC2)ns1. The molecule has 0 bridgehead atoms. The molecule has 1 saturated carbocycles. The molecule has 1 unspecified atom stereocenters. The second-order valence-electron chi connectivity index (χ2n) is 6.03. The van der Waals surface area contributed by atoms with Gasteiger partial charge in [-0.1, -0.05) is 20.8 Å². The summed E-state index contributed by atoms with van der Waals surface area (Å²) in [6, 6.07) is 0. The first kappa shape index (κ1) is 12.8. The molecular formula is C12H21N3OS. The number of aliphatic hydroxyl groups is 1. The highest BCUT2D eigenvalue weighted by molar-refractivity contribution is 7.09. The van der Waals surface area contributed by atoms with E-state index in [2.05, 4.69) is 35.4 Å². The Bertz CT molecular complexity index is 368. The van der Waals surface area contributed by atoms with Crippen LogP contribution in [0.2, 0.25) is 0 Å². The number of anilines is 1. The zero-order valence-electron chi connectivity index (χ0n) is 10.7. The number of hydrogen-bond acceptors (Lipinski definition) is 5. The Labute approximate surface area is 107 Å². The third-order valence-corrected chi connectivity index (χ3v) is 3.41. The van der Waals surface area contributed by atoms with Gasteiger partial charge in [0, 0.05) is 24.0 Å². The lowest BCUT2D eigenvalue weighted by atomic mass is 9.89. The van der Waals surface area contributed by atoms with Gasteiger partial charge < -0.3 is 10.4 Å². The van der Waals surface area contributed by atoms with Crippen LogP contribution < -0.4 is 5.32 Å². The Kier molecular flexibility index (Phi) is 3.68. The number of aromatic nitrogens is 2. The average molecular weight is 255 g/mol. The van der Waals surface area contributed by atoms with Gasteiger partial charge in [-0.15, -0.1) is 0 Å². The van der Waals surface area contributed by atoms with Crippen LogP contribution in [0.5, 0.6) is 0 Å². The number of aliphatic hydroxyl groups excluding tert-OH is 1. The van der Waals surface area contributed by atoms with Crippen LogP contribution in [0.3, 0.4) is 0 Å². The van der Waals surface area contributed by atoms with Crippen LogP contribution in [0.25, 0.3) is 0 Å². The van der Waals surface area contributed by atoms with Crippen molar-refractivity contribution in [3.05, 3.63) is 5.82 Å². The molecule has 0 saturated heterocycles. The van der Waals surface area contributed by atoms with Gasteiger partial charge in [0.1, 0.15) is 5.82 Å². The van der Waals surface area contributed by atoms with Crippen molar-refractivity contribution in [1.82, 2.24) is 9.36 Å². The fourth-order valence-electron chi connectivity index (χ4n) is 1.80. The molecule has 0 aromatic carbocycles. The number of nitrogens with zero attached hydrogens (tertiary/aromatic N) is 2. The van der Waals surface area contributed by atoms with Crippen LogP contribution in [0.4, 0.5) is 5.13 Å². The fourth-order valence-corrected chi connectivity index (χ4v) is 2.45. The minimum Gasteiger partial charge on any atom is -0.391 e. The summed E-state index contributed by atoms with van der Waals surface area (Å²) in [7, 11) is 0. The fraction of sp³-hybridized carbons (Fsp3) is 0.833. The highest BCUT2D eigenvalue weighted by atomic mass is 32.1. The Morgan fingerprint density at radius 2 is 2.18 bits per heavy atom. The van der Waals surface area contributed by atoms with Crippen LogP contribution in [0.1, 0.15) is 51.8 Å². The van der Waals surface area contributed by atoms with Crippen molar-refractivity contribution in [3.63, 3.8) is 0 Å². The second kappa shape index (κ2) is 4.90. The average Bonchev–Trinajstić information content (AvgIpc) is 2.93. The normalized spacial score (nSPS) is 18.1. The smallest absolute Gasteiger partial charge is 0.202 e. The molecule has 1 aromatic rings. The van der Waals surface area contributed by atoms with Crippen LogP contribution in [0, 0.1) is 5.41 Å². The summed E-state index contributed by atoms with van der Waals surface area (Å²) in [6.07, 6.45) is 2.91. The molecule has 2 rings (SSSR count). The third kappa shape index (κ3) is 4.24. The molecule has 4 nitrogen and oxygen atoms in total. The predicted molar refractivity (Wildman–Crippen MR) is 70.5 cm³/mol. The van der Waals surface area contributed by atoms with Crippen LogP contribution in [-0.2, 0) is 0 Å². The highest BCUT2D eigenvalue weighted by Gasteiger charge is 2.27. The van der Waals surface area contributed by atoms with Gasteiger partial charge >= 0.3 is 0 Å². The maximum absolute atomic E-state index is 9.87. The van der Waals surface area contributed by atoms with Gasteiger partial charge in [0.05, 0.1) is 6.10 Å². The van der Waals surface area contributed by atoms with Crippen molar-refractivity contribution in [2.75, 3.05) is 11.9 Å². The topological polar surface area (TPSA) is 58.0 Å². The minimum atomic E-state index is -0.330. The summed E-state index contributed by atoms with van der Waals surface area (Å²) in [5, 5.41) is 13.9. The highest BCUT2D eigenvalue weighted by Crippen LogP contribution is 2.39. The van der Waals surface area contributed by atoms with Gasteiger partial charge in [-0.2, -0.15) is 4.37 Å². The van der Waals surface area contributed by atoms with Gasteiger partial charge in [-0.3, -0.25) is 0 Å². The summed E-state index contributed by atoms with van der Waals surface area (Å²) in [6.45, 7) is 6.95. The van der Waals surface area contributed by atoms with E-state index in [9.17, 15) is 5.11 Å². The summed E-state index contributed by atoms with van der Waals surface area (Å²) in [5.74, 6) is 1.57. The lowest BCUT2D eigenvalue weighted by molar-refractivity contribution is 0.132. The second-order valence-corrected chi connectivity index (χ2v) is 6.78. The minimum absolute atomic E-state index is 0.154.